The molecule has 0 bridgehead atoms. The summed E-state index contributed by atoms with van der Waals surface area (Å²) in [6.45, 7) is 5.36. The van der Waals surface area contributed by atoms with Crippen LogP contribution in [-0.4, -0.2) is 55.8 Å². The second-order valence-corrected chi connectivity index (χ2v) is 7.17. The average molecular weight is 406 g/mol. The smallest absolute Gasteiger partial charge is 0.360 e. The molecule has 1 fully saturated rings. The predicted octanol–water partition coefficient (Wildman–Crippen LogP) is 3.53. The number of piperazine rings is 1. The van der Waals surface area contributed by atoms with Gasteiger partial charge in [-0.05, 0) is 30.7 Å². The number of aromatic nitrogens is 2. The van der Waals surface area contributed by atoms with Gasteiger partial charge in [0.1, 0.15) is 5.75 Å². The van der Waals surface area contributed by atoms with Crippen LogP contribution in [0.1, 0.15) is 23.8 Å². The molecule has 1 aromatic heterocycles. The Morgan fingerprint density at radius 1 is 0.933 bits per heavy atom. The van der Waals surface area contributed by atoms with Crippen molar-refractivity contribution < 1.29 is 14.3 Å². The van der Waals surface area contributed by atoms with Gasteiger partial charge in [0.15, 0.2) is 11.5 Å². The summed E-state index contributed by atoms with van der Waals surface area (Å²) in [5, 5.41) is 0. The van der Waals surface area contributed by atoms with E-state index >= 15 is 0 Å². The molecule has 0 atom stereocenters. The third-order valence-electron chi connectivity index (χ3n) is 5.19. The second-order valence-electron chi connectivity index (χ2n) is 7.17. The second kappa shape index (κ2) is 8.98. The van der Waals surface area contributed by atoms with E-state index in [4.69, 9.17) is 14.5 Å². The fraction of sp³-hybridized carbons (Fsp3) is 0.348. The van der Waals surface area contributed by atoms with Crippen molar-refractivity contribution in [1.29, 1.82) is 0 Å². The number of hydrogen-bond acceptors (Lipinski definition) is 7. The molecular weight excluding hydrogens is 380 g/mol. The molecule has 1 aliphatic rings. The summed E-state index contributed by atoms with van der Waals surface area (Å²) >= 11 is 0. The zero-order valence-corrected chi connectivity index (χ0v) is 17.4. The van der Waals surface area contributed by atoms with E-state index in [1.165, 1.54) is 0 Å². The first-order valence-corrected chi connectivity index (χ1v) is 10.3. The first-order chi connectivity index (χ1) is 14.7. The van der Waals surface area contributed by atoms with Gasteiger partial charge in [0.25, 0.3) is 0 Å². The average Bonchev–Trinajstić information content (AvgIpc) is 2.81. The van der Waals surface area contributed by atoms with Gasteiger partial charge in [-0.1, -0.05) is 31.2 Å². The molecule has 0 aliphatic carbocycles. The Labute approximate surface area is 176 Å². The molecule has 0 spiro atoms. The molecule has 30 heavy (non-hydrogen) atoms. The number of benzene rings is 2. The molecule has 156 valence electrons. The molecule has 0 amide bonds. The highest BCUT2D eigenvalue weighted by molar-refractivity contribution is 5.95. The minimum Gasteiger partial charge on any atom is -0.495 e. The van der Waals surface area contributed by atoms with Crippen molar-refractivity contribution in [2.45, 2.75) is 13.3 Å². The molecule has 0 N–H and O–H groups in total. The number of hydrogen-bond donors (Lipinski definition) is 0. The standard InChI is InChI=1S/C23H26N4O3/c1-3-16-30-23(28)21-22(25-18-9-5-4-8-17(18)24-21)27-14-12-26(13-15-27)19-10-6-7-11-20(19)29-2/h4-11H,3,12-16H2,1-2H3. The van der Waals surface area contributed by atoms with Crippen LogP contribution >= 0.6 is 0 Å². The number of fused-ring (bicyclic) bond motifs is 1. The van der Waals surface area contributed by atoms with E-state index < -0.39 is 5.97 Å². The van der Waals surface area contributed by atoms with Crippen molar-refractivity contribution in [3.05, 3.63) is 54.2 Å². The molecule has 0 radical (unpaired) electrons. The van der Waals surface area contributed by atoms with Crippen LogP contribution in [0.2, 0.25) is 0 Å². The first-order valence-electron chi connectivity index (χ1n) is 10.3. The molecule has 0 unspecified atom stereocenters. The molecule has 4 rings (SSSR count). The quantitative estimate of drug-likeness (QED) is 0.580. The monoisotopic (exact) mass is 406 g/mol. The van der Waals surface area contributed by atoms with Gasteiger partial charge in [0.2, 0.25) is 0 Å². The third kappa shape index (κ3) is 4.01. The van der Waals surface area contributed by atoms with E-state index in [2.05, 4.69) is 20.9 Å². The molecule has 7 nitrogen and oxygen atoms in total. The molecular formula is C23H26N4O3. The van der Waals surface area contributed by atoms with Crippen LogP contribution < -0.4 is 14.5 Å². The first kappa shape index (κ1) is 19.9. The maximum Gasteiger partial charge on any atom is 0.360 e. The van der Waals surface area contributed by atoms with Gasteiger partial charge in [0.05, 0.1) is 30.4 Å². The van der Waals surface area contributed by atoms with Crippen molar-refractivity contribution in [1.82, 2.24) is 9.97 Å². The van der Waals surface area contributed by atoms with E-state index in [0.29, 0.717) is 17.9 Å². The highest BCUT2D eigenvalue weighted by Crippen LogP contribution is 2.30. The summed E-state index contributed by atoms with van der Waals surface area (Å²) in [7, 11) is 1.69. The van der Waals surface area contributed by atoms with Crippen LogP contribution in [0.3, 0.4) is 0 Å². The van der Waals surface area contributed by atoms with Crippen LogP contribution in [0.25, 0.3) is 11.0 Å². The Balaban J connectivity index is 1.60. The zero-order valence-electron chi connectivity index (χ0n) is 17.4. The Morgan fingerprint density at radius 2 is 1.57 bits per heavy atom. The number of carbonyl (C=O) groups is 1. The highest BCUT2D eigenvalue weighted by Gasteiger charge is 2.26. The molecule has 7 heteroatoms. The summed E-state index contributed by atoms with van der Waals surface area (Å²) in [6.07, 6.45) is 0.764. The lowest BCUT2D eigenvalue weighted by molar-refractivity contribution is 0.0499. The van der Waals surface area contributed by atoms with Crippen molar-refractivity contribution in [2.75, 3.05) is 49.7 Å². The van der Waals surface area contributed by atoms with Gasteiger partial charge >= 0.3 is 5.97 Å². The van der Waals surface area contributed by atoms with Crippen LogP contribution in [-0.2, 0) is 4.74 Å². The number of para-hydroxylation sites is 4. The van der Waals surface area contributed by atoms with Crippen LogP contribution in [0.4, 0.5) is 11.5 Å². The lowest BCUT2D eigenvalue weighted by Gasteiger charge is -2.37. The van der Waals surface area contributed by atoms with Gasteiger partial charge in [-0.2, -0.15) is 0 Å². The van der Waals surface area contributed by atoms with E-state index in [1.54, 1.807) is 7.11 Å². The summed E-state index contributed by atoms with van der Waals surface area (Å²) in [5.41, 5.74) is 2.82. The number of methoxy groups -OCH3 is 1. The van der Waals surface area contributed by atoms with E-state index in [0.717, 1.165) is 49.6 Å². The fourth-order valence-corrected chi connectivity index (χ4v) is 3.66. The SMILES string of the molecule is CCCOC(=O)c1nc2ccccc2nc1N1CCN(c2ccccc2OC)CC1. The lowest BCUT2D eigenvalue weighted by Crippen LogP contribution is -2.47. The largest absolute Gasteiger partial charge is 0.495 e. The van der Waals surface area contributed by atoms with Gasteiger partial charge in [-0.25, -0.2) is 14.8 Å². The lowest BCUT2D eigenvalue weighted by atomic mass is 10.2. The highest BCUT2D eigenvalue weighted by atomic mass is 16.5. The summed E-state index contributed by atoms with van der Waals surface area (Å²) in [6, 6.07) is 15.6. The number of rotatable bonds is 6. The van der Waals surface area contributed by atoms with Crippen LogP contribution in [0, 0.1) is 0 Å². The third-order valence-corrected chi connectivity index (χ3v) is 5.19. The Hall–Kier alpha value is -3.35. The molecule has 0 saturated carbocycles. The van der Waals surface area contributed by atoms with Crippen molar-refractivity contribution in [3.8, 4) is 5.75 Å². The van der Waals surface area contributed by atoms with Crippen molar-refractivity contribution in [2.24, 2.45) is 0 Å². The van der Waals surface area contributed by atoms with E-state index in [-0.39, 0.29) is 5.69 Å². The van der Waals surface area contributed by atoms with Crippen molar-refractivity contribution in [3.63, 3.8) is 0 Å². The topological polar surface area (TPSA) is 67.8 Å². The fourth-order valence-electron chi connectivity index (χ4n) is 3.66. The number of nitrogens with zero attached hydrogens (tertiary/aromatic N) is 4. The zero-order chi connectivity index (χ0) is 20.9. The maximum atomic E-state index is 12.7. The summed E-state index contributed by atoms with van der Waals surface area (Å²) < 4.78 is 10.9. The van der Waals surface area contributed by atoms with Gasteiger partial charge in [-0.3, -0.25) is 0 Å². The Kier molecular flexibility index (Phi) is 5.97. The van der Waals surface area contributed by atoms with Gasteiger partial charge in [0, 0.05) is 26.2 Å². The molecule has 2 heterocycles. The summed E-state index contributed by atoms with van der Waals surface area (Å²) in [5.74, 6) is 1.03. The molecule has 1 saturated heterocycles. The van der Waals surface area contributed by atoms with E-state index in [1.807, 2.05) is 49.4 Å². The minimum absolute atomic E-state index is 0.285. The molecule has 3 aromatic rings. The van der Waals surface area contributed by atoms with Crippen LogP contribution in [0.15, 0.2) is 48.5 Å². The minimum atomic E-state index is -0.419. The number of ether oxygens (including phenoxy) is 2. The van der Waals surface area contributed by atoms with E-state index in [9.17, 15) is 4.79 Å². The molecule has 1 aliphatic heterocycles. The predicted molar refractivity (Wildman–Crippen MR) is 118 cm³/mol. The molecule has 2 aromatic carbocycles. The number of esters is 1. The maximum absolute atomic E-state index is 12.7. The van der Waals surface area contributed by atoms with Gasteiger partial charge < -0.3 is 19.3 Å². The number of anilines is 2. The van der Waals surface area contributed by atoms with Crippen LogP contribution in [0.5, 0.6) is 5.75 Å². The van der Waals surface area contributed by atoms with Crippen molar-refractivity contribution >= 4 is 28.5 Å². The Bertz CT molecular complexity index is 1030. The summed E-state index contributed by atoms with van der Waals surface area (Å²) in [4.78, 5) is 26.5. The number of carbonyl (C=O) groups excluding carboxylic acids is 1. The Morgan fingerprint density at radius 3 is 2.27 bits per heavy atom. The van der Waals surface area contributed by atoms with Gasteiger partial charge in [-0.15, -0.1) is 0 Å². The normalized spacial score (nSPS) is 14.1.